The molecule has 0 unspecified atom stereocenters. The number of aromatic nitrogens is 1. The maximum Gasteiger partial charge on any atom is 0.364 e. The molecule has 0 aliphatic heterocycles. The number of hydrogen-bond donors (Lipinski definition) is 0. The number of sulfone groups is 1. The molecule has 0 saturated carbocycles. The van der Waals surface area contributed by atoms with Crippen molar-refractivity contribution in [1.82, 2.24) is 0 Å². The third kappa shape index (κ3) is 7.76. The van der Waals surface area contributed by atoms with Gasteiger partial charge in [0.1, 0.15) is 9.84 Å². The van der Waals surface area contributed by atoms with Crippen molar-refractivity contribution in [3.05, 3.63) is 30.1 Å². The summed E-state index contributed by atoms with van der Waals surface area (Å²) < 4.78 is 49.5. The van der Waals surface area contributed by atoms with E-state index in [0.29, 0.717) is 18.4 Å². The molecule has 0 aliphatic rings. The molecule has 9 heteroatoms. The average molecular weight is 336 g/mol. The molecule has 0 N–H and O–H groups in total. The minimum Gasteiger partial charge on any atom is -0.294 e. The minimum absolute atomic E-state index is 0.0479. The summed E-state index contributed by atoms with van der Waals surface area (Å²) in [5, 5.41) is 0. The van der Waals surface area contributed by atoms with Crippen LogP contribution in [0.25, 0.3) is 0 Å². The summed E-state index contributed by atoms with van der Waals surface area (Å²) in [6, 6.07) is 3.04. The summed E-state index contributed by atoms with van der Waals surface area (Å²) in [6.45, 7) is 0. The number of carbonyl (C=O) groups is 1. The Morgan fingerprint density at radius 3 is 2.43 bits per heavy atom. The number of hydrogen-bond acceptors (Lipinski definition) is 6. The highest BCUT2D eigenvalue weighted by Gasteiger charge is 2.15. The molecule has 7 nitrogen and oxygen atoms in total. The molecule has 0 spiro atoms. The molecule has 0 bridgehead atoms. The minimum atomic E-state index is -3.67. The van der Waals surface area contributed by atoms with Crippen LogP contribution < -0.4 is 9.01 Å². The Kier molecular flexibility index (Phi) is 5.85. The van der Waals surface area contributed by atoms with E-state index in [1.807, 2.05) is 0 Å². The fraction of sp³-hybridized carbons (Fsp3) is 0.500. The van der Waals surface area contributed by atoms with Crippen LogP contribution >= 0.6 is 0 Å². The molecular weight excluding hydrogens is 318 g/mol. The van der Waals surface area contributed by atoms with Gasteiger partial charge in [-0.15, -0.1) is 4.28 Å². The monoisotopic (exact) mass is 336 g/mol. The normalized spacial score (nSPS) is 12.1. The standard InChI is InChI=1S/C12H18NO6S2/c1-20(15,16)9-4-3-7-12(14)11-6-5-8-13(10-11)19-21(2,17)18/h5-6,8,10H,3-4,7,9H2,1-2H3/q+1. The molecule has 0 fully saturated rings. The van der Waals surface area contributed by atoms with Crippen molar-refractivity contribution < 1.29 is 30.6 Å². The van der Waals surface area contributed by atoms with E-state index in [2.05, 4.69) is 4.28 Å². The maximum absolute atomic E-state index is 11.9. The zero-order valence-electron chi connectivity index (χ0n) is 11.9. The van der Waals surface area contributed by atoms with Crippen molar-refractivity contribution in [3.8, 4) is 0 Å². The predicted octanol–water partition coefficient (Wildman–Crippen LogP) is -0.240. The van der Waals surface area contributed by atoms with E-state index in [9.17, 15) is 21.6 Å². The first-order valence-electron chi connectivity index (χ1n) is 6.19. The SMILES string of the molecule is CS(=O)(=O)CCCCC(=O)c1ccc[n+](OS(C)(=O)=O)c1. The van der Waals surface area contributed by atoms with Crippen molar-refractivity contribution in [2.24, 2.45) is 0 Å². The number of unbranched alkanes of at least 4 members (excludes halogenated alkanes) is 1. The first-order chi connectivity index (χ1) is 9.57. The number of nitrogens with zero attached hydrogens (tertiary/aromatic N) is 1. The molecule has 1 heterocycles. The van der Waals surface area contributed by atoms with E-state index in [0.717, 1.165) is 17.2 Å². The topological polar surface area (TPSA) is 98.5 Å². The Hall–Kier alpha value is -1.48. The van der Waals surface area contributed by atoms with Gasteiger partial charge in [0, 0.05) is 29.2 Å². The highest BCUT2D eigenvalue weighted by molar-refractivity contribution is 7.90. The van der Waals surface area contributed by atoms with Crippen LogP contribution in [0, 0.1) is 0 Å². The smallest absolute Gasteiger partial charge is 0.294 e. The van der Waals surface area contributed by atoms with Gasteiger partial charge < -0.3 is 0 Å². The van der Waals surface area contributed by atoms with Crippen LogP contribution in [0.5, 0.6) is 0 Å². The zero-order chi connectivity index (χ0) is 16.1. The van der Waals surface area contributed by atoms with Crippen LogP contribution in [-0.4, -0.2) is 40.9 Å². The predicted molar refractivity (Wildman–Crippen MR) is 76.0 cm³/mol. The van der Waals surface area contributed by atoms with E-state index in [1.165, 1.54) is 18.5 Å². The van der Waals surface area contributed by atoms with Crippen LogP contribution in [0.4, 0.5) is 0 Å². The molecule has 21 heavy (non-hydrogen) atoms. The molecule has 1 rings (SSSR count). The van der Waals surface area contributed by atoms with E-state index < -0.39 is 20.0 Å². The maximum atomic E-state index is 11.9. The second-order valence-corrected chi connectivity index (χ2v) is 8.56. The van der Waals surface area contributed by atoms with Crippen molar-refractivity contribution >= 4 is 25.7 Å². The summed E-state index contributed by atoms with van der Waals surface area (Å²) in [5.41, 5.74) is 0.306. The Bertz CT molecular complexity index is 709. The van der Waals surface area contributed by atoms with Crippen LogP contribution in [-0.2, 0) is 20.0 Å². The molecule has 118 valence electrons. The third-order valence-electron chi connectivity index (χ3n) is 2.49. The summed E-state index contributed by atoms with van der Waals surface area (Å²) in [5.74, 6) is -0.151. The van der Waals surface area contributed by atoms with Crippen LogP contribution in [0.15, 0.2) is 24.5 Å². The highest BCUT2D eigenvalue weighted by atomic mass is 32.2. The lowest BCUT2D eigenvalue weighted by molar-refractivity contribution is -0.856. The Balaban J connectivity index is 2.60. The number of pyridine rings is 1. The van der Waals surface area contributed by atoms with Gasteiger partial charge in [0.25, 0.3) is 0 Å². The lowest BCUT2D eigenvalue weighted by Crippen LogP contribution is -2.45. The summed E-state index contributed by atoms with van der Waals surface area (Å²) in [4.78, 5) is 11.9. The Morgan fingerprint density at radius 2 is 1.86 bits per heavy atom. The van der Waals surface area contributed by atoms with E-state index in [4.69, 9.17) is 0 Å². The Labute approximate surface area is 124 Å². The second-order valence-electron chi connectivity index (χ2n) is 4.74. The molecule has 0 radical (unpaired) electrons. The first-order valence-corrected chi connectivity index (χ1v) is 10.1. The van der Waals surface area contributed by atoms with Gasteiger partial charge >= 0.3 is 10.1 Å². The molecular formula is C12H18NO6S2+. The van der Waals surface area contributed by atoms with Crippen molar-refractivity contribution in [3.63, 3.8) is 0 Å². The molecule has 0 amide bonds. The van der Waals surface area contributed by atoms with E-state index in [1.54, 1.807) is 6.07 Å². The van der Waals surface area contributed by atoms with Crippen molar-refractivity contribution in [2.75, 3.05) is 18.3 Å². The Morgan fingerprint density at radius 1 is 1.19 bits per heavy atom. The van der Waals surface area contributed by atoms with Gasteiger partial charge in [-0.1, -0.05) is 0 Å². The quantitative estimate of drug-likeness (QED) is 0.369. The summed E-state index contributed by atoms with van der Waals surface area (Å²) in [7, 11) is -6.69. The van der Waals surface area contributed by atoms with Gasteiger partial charge in [0.15, 0.2) is 5.78 Å². The van der Waals surface area contributed by atoms with Crippen LogP contribution in [0.1, 0.15) is 29.6 Å². The zero-order valence-corrected chi connectivity index (χ0v) is 13.5. The fourth-order valence-corrected chi connectivity index (χ4v) is 2.75. The van der Waals surface area contributed by atoms with Gasteiger partial charge in [0.2, 0.25) is 12.4 Å². The molecule has 0 atom stereocenters. The molecule has 1 aromatic rings. The lowest BCUT2D eigenvalue weighted by atomic mass is 10.1. The van der Waals surface area contributed by atoms with Crippen molar-refractivity contribution in [1.29, 1.82) is 0 Å². The molecule has 0 saturated heterocycles. The third-order valence-corrected chi connectivity index (χ3v) is 3.96. The van der Waals surface area contributed by atoms with E-state index in [-0.39, 0.29) is 18.0 Å². The van der Waals surface area contributed by atoms with Gasteiger partial charge in [-0.25, -0.2) is 8.42 Å². The van der Waals surface area contributed by atoms with Gasteiger partial charge in [-0.05, 0) is 18.9 Å². The molecule has 0 aromatic carbocycles. The van der Waals surface area contributed by atoms with Crippen LogP contribution in [0.3, 0.4) is 0 Å². The van der Waals surface area contributed by atoms with Gasteiger partial charge in [0.05, 0.1) is 11.8 Å². The number of carbonyl (C=O) groups excluding carboxylic acids is 1. The van der Waals surface area contributed by atoms with Crippen LogP contribution in [0.2, 0.25) is 0 Å². The summed E-state index contributed by atoms with van der Waals surface area (Å²) in [6.07, 6.45) is 5.75. The molecule has 0 aliphatic carbocycles. The van der Waals surface area contributed by atoms with Crippen molar-refractivity contribution in [2.45, 2.75) is 19.3 Å². The second kappa shape index (κ2) is 6.99. The highest BCUT2D eigenvalue weighted by Crippen LogP contribution is 2.06. The van der Waals surface area contributed by atoms with Gasteiger partial charge in [-0.2, -0.15) is 8.42 Å². The number of rotatable bonds is 8. The number of Topliss-reactive ketones (excluding diaryl/α,β-unsaturated/α-hetero) is 1. The number of ketones is 1. The summed E-state index contributed by atoms with van der Waals surface area (Å²) >= 11 is 0. The fourth-order valence-electron chi connectivity index (χ4n) is 1.62. The average Bonchev–Trinajstić information content (AvgIpc) is 2.31. The largest absolute Gasteiger partial charge is 0.364 e. The first kappa shape index (κ1) is 17.6. The molecule has 1 aromatic heterocycles. The lowest BCUT2D eigenvalue weighted by Gasteiger charge is -2.00. The van der Waals surface area contributed by atoms with Gasteiger partial charge in [-0.3, -0.25) is 4.79 Å². The van der Waals surface area contributed by atoms with E-state index >= 15 is 0 Å².